The molecule has 1 fully saturated rings. The predicted molar refractivity (Wildman–Crippen MR) is 88.6 cm³/mol. The summed E-state index contributed by atoms with van der Waals surface area (Å²) in [7, 11) is 0. The van der Waals surface area contributed by atoms with Crippen LogP contribution in [0.25, 0.3) is 5.65 Å². The number of nitrogens with one attached hydrogen (secondary N) is 1. The van der Waals surface area contributed by atoms with E-state index in [1.54, 1.807) is 0 Å². The molecule has 1 saturated carbocycles. The molecule has 1 aliphatic carbocycles. The number of nitrogens with two attached hydrogens (primary N) is 1. The van der Waals surface area contributed by atoms with E-state index in [9.17, 15) is 0 Å². The zero-order valence-corrected chi connectivity index (χ0v) is 13.7. The van der Waals surface area contributed by atoms with Gasteiger partial charge in [0.2, 0.25) is 0 Å². The van der Waals surface area contributed by atoms with Crippen molar-refractivity contribution >= 4 is 27.5 Å². The largest absolute Gasteiger partial charge is 0.370 e. The van der Waals surface area contributed by atoms with Gasteiger partial charge in [-0.1, -0.05) is 0 Å². The lowest BCUT2D eigenvalue weighted by Gasteiger charge is -2.26. The first-order valence-electron chi connectivity index (χ1n) is 7.32. The van der Waals surface area contributed by atoms with E-state index in [1.807, 2.05) is 6.20 Å². The van der Waals surface area contributed by atoms with E-state index < -0.39 is 0 Å². The third kappa shape index (κ3) is 3.37. The highest BCUT2D eigenvalue weighted by molar-refractivity contribution is 9.10. The van der Waals surface area contributed by atoms with Crippen LogP contribution in [0.3, 0.4) is 0 Å². The molecular weight excluding hydrogens is 330 g/mol. The summed E-state index contributed by atoms with van der Waals surface area (Å²) in [4.78, 5) is 9.03. The molecule has 0 unspecified atom stereocenters. The molecule has 0 spiro atoms. The minimum Gasteiger partial charge on any atom is -0.370 e. The van der Waals surface area contributed by atoms with Gasteiger partial charge in [0.1, 0.15) is 5.65 Å². The van der Waals surface area contributed by atoms with Crippen LogP contribution < -0.4 is 11.1 Å². The van der Waals surface area contributed by atoms with Gasteiger partial charge in [0.25, 0.3) is 0 Å². The van der Waals surface area contributed by atoms with Crippen molar-refractivity contribution in [2.75, 3.05) is 6.54 Å². The van der Waals surface area contributed by atoms with Gasteiger partial charge in [-0.3, -0.25) is 4.99 Å². The maximum absolute atomic E-state index is 5.87. The molecule has 3 rings (SSSR count). The van der Waals surface area contributed by atoms with Gasteiger partial charge in [0, 0.05) is 35.9 Å². The fraction of sp³-hybridized carbons (Fsp3) is 0.467. The number of imidazole rings is 1. The Kier molecular flexibility index (Phi) is 4.14. The Morgan fingerprint density at radius 1 is 1.52 bits per heavy atom. The van der Waals surface area contributed by atoms with E-state index >= 15 is 0 Å². The molecule has 0 aliphatic heterocycles. The van der Waals surface area contributed by atoms with Gasteiger partial charge in [-0.2, -0.15) is 0 Å². The van der Waals surface area contributed by atoms with Crippen LogP contribution in [0.2, 0.25) is 0 Å². The molecular formula is C15H20BrN5. The molecule has 6 heteroatoms. The van der Waals surface area contributed by atoms with Crippen LogP contribution in [-0.2, 0) is 6.42 Å². The van der Waals surface area contributed by atoms with Crippen molar-refractivity contribution in [2.45, 2.75) is 38.6 Å². The lowest BCUT2D eigenvalue weighted by Crippen LogP contribution is -2.43. The monoisotopic (exact) mass is 349 g/mol. The summed E-state index contributed by atoms with van der Waals surface area (Å²) in [6.07, 6.45) is 8.58. The number of aliphatic imine (C=N–C) groups is 1. The standard InChI is InChI=1S/C15H20BrN5/c1-10-7-11(16)8-21-9-13(19-14(10)21)5-6-18-15(17)20-12-3-2-4-12/h7-9,12H,2-6H2,1H3,(H3,17,18,20). The number of nitrogens with zero attached hydrogens (tertiary/aromatic N) is 3. The quantitative estimate of drug-likeness (QED) is 0.657. The molecule has 0 aromatic carbocycles. The summed E-state index contributed by atoms with van der Waals surface area (Å²) >= 11 is 3.50. The predicted octanol–water partition coefficient (Wildman–Crippen LogP) is 2.40. The summed E-state index contributed by atoms with van der Waals surface area (Å²) in [6, 6.07) is 2.61. The molecule has 5 nitrogen and oxygen atoms in total. The molecule has 112 valence electrons. The third-order valence-corrected chi connectivity index (χ3v) is 4.29. The molecule has 2 aromatic rings. The van der Waals surface area contributed by atoms with Crippen molar-refractivity contribution in [2.24, 2.45) is 10.7 Å². The second-order valence-electron chi connectivity index (χ2n) is 5.59. The minimum absolute atomic E-state index is 0.531. The number of hydrogen-bond acceptors (Lipinski definition) is 2. The fourth-order valence-electron chi connectivity index (χ4n) is 2.49. The van der Waals surface area contributed by atoms with Gasteiger partial charge >= 0.3 is 0 Å². The van der Waals surface area contributed by atoms with E-state index in [4.69, 9.17) is 5.73 Å². The van der Waals surface area contributed by atoms with Crippen molar-refractivity contribution < 1.29 is 0 Å². The number of aromatic nitrogens is 2. The third-order valence-electron chi connectivity index (χ3n) is 3.86. The normalized spacial score (nSPS) is 16.2. The Morgan fingerprint density at radius 3 is 3.05 bits per heavy atom. The second kappa shape index (κ2) is 6.05. The molecule has 2 heterocycles. The highest BCUT2D eigenvalue weighted by Crippen LogP contribution is 2.18. The number of fused-ring (bicyclic) bond motifs is 1. The van der Waals surface area contributed by atoms with Crippen LogP contribution >= 0.6 is 15.9 Å². The van der Waals surface area contributed by atoms with Crippen molar-refractivity contribution in [3.63, 3.8) is 0 Å². The van der Waals surface area contributed by atoms with Crippen LogP contribution in [0.4, 0.5) is 0 Å². The van der Waals surface area contributed by atoms with Crippen molar-refractivity contribution in [1.29, 1.82) is 0 Å². The lowest BCUT2D eigenvalue weighted by atomic mass is 9.93. The number of aryl methyl sites for hydroxylation is 1. The second-order valence-corrected chi connectivity index (χ2v) is 6.51. The Labute approximate surface area is 132 Å². The molecule has 3 N–H and O–H groups in total. The lowest BCUT2D eigenvalue weighted by molar-refractivity contribution is 0.382. The first-order valence-corrected chi connectivity index (χ1v) is 8.11. The summed E-state index contributed by atoms with van der Waals surface area (Å²) < 4.78 is 3.11. The van der Waals surface area contributed by atoms with E-state index in [2.05, 4.69) is 54.8 Å². The van der Waals surface area contributed by atoms with Gasteiger partial charge in [0.05, 0.1) is 5.69 Å². The maximum Gasteiger partial charge on any atom is 0.188 e. The zero-order valence-electron chi connectivity index (χ0n) is 12.1. The number of halogens is 1. The van der Waals surface area contributed by atoms with E-state index in [0.29, 0.717) is 18.5 Å². The number of guanidine groups is 1. The topological polar surface area (TPSA) is 67.7 Å². The average molecular weight is 350 g/mol. The van der Waals surface area contributed by atoms with Crippen LogP contribution in [-0.4, -0.2) is 27.9 Å². The van der Waals surface area contributed by atoms with Gasteiger partial charge < -0.3 is 15.5 Å². The minimum atomic E-state index is 0.531. The van der Waals surface area contributed by atoms with Gasteiger partial charge in [-0.25, -0.2) is 4.98 Å². The highest BCUT2D eigenvalue weighted by atomic mass is 79.9. The van der Waals surface area contributed by atoms with E-state index in [0.717, 1.165) is 27.8 Å². The van der Waals surface area contributed by atoms with Crippen molar-refractivity contribution in [3.05, 3.63) is 34.2 Å². The highest BCUT2D eigenvalue weighted by Gasteiger charge is 2.17. The summed E-state index contributed by atoms with van der Waals surface area (Å²) in [5.41, 5.74) is 9.07. The first-order chi connectivity index (χ1) is 10.1. The van der Waals surface area contributed by atoms with E-state index in [-0.39, 0.29) is 0 Å². The average Bonchev–Trinajstić information content (AvgIpc) is 2.77. The van der Waals surface area contributed by atoms with Crippen molar-refractivity contribution in [1.82, 2.24) is 14.7 Å². The summed E-state index contributed by atoms with van der Waals surface area (Å²) in [5, 5.41) is 3.24. The van der Waals surface area contributed by atoms with Crippen LogP contribution in [0.15, 0.2) is 27.9 Å². The van der Waals surface area contributed by atoms with Gasteiger partial charge in [-0.15, -0.1) is 0 Å². The van der Waals surface area contributed by atoms with Crippen molar-refractivity contribution in [3.8, 4) is 0 Å². The summed E-state index contributed by atoms with van der Waals surface area (Å²) in [6.45, 7) is 2.73. The smallest absolute Gasteiger partial charge is 0.188 e. The summed E-state index contributed by atoms with van der Waals surface area (Å²) in [5.74, 6) is 0.558. The molecule has 2 aromatic heterocycles. The fourth-order valence-corrected chi connectivity index (χ4v) is 3.06. The number of rotatable bonds is 4. The Balaban J connectivity index is 1.62. The van der Waals surface area contributed by atoms with Crippen LogP contribution in [0, 0.1) is 6.92 Å². The van der Waals surface area contributed by atoms with Crippen LogP contribution in [0.1, 0.15) is 30.5 Å². The number of pyridine rings is 1. The molecule has 0 bridgehead atoms. The molecule has 0 amide bonds. The first kappa shape index (κ1) is 14.4. The zero-order chi connectivity index (χ0) is 14.8. The van der Waals surface area contributed by atoms with Crippen LogP contribution in [0.5, 0.6) is 0 Å². The molecule has 21 heavy (non-hydrogen) atoms. The Hall–Kier alpha value is -1.56. The molecule has 0 saturated heterocycles. The SMILES string of the molecule is Cc1cc(Br)cn2cc(CCN=C(N)NC3CCC3)nc12. The number of hydrogen-bond donors (Lipinski definition) is 2. The van der Waals surface area contributed by atoms with Gasteiger partial charge in [-0.05, 0) is 53.7 Å². The Morgan fingerprint density at radius 2 is 2.33 bits per heavy atom. The molecule has 0 atom stereocenters. The maximum atomic E-state index is 5.87. The molecule has 0 radical (unpaired) electrons. The molecule has 1 aliphatic rings. The Bertz CT molecular complexity index is 672. The van der Waals surface area contributed by atoms with Gasteiger partial charge in [0.15, 0.2) is 5.96 Å². The van der Waals surface area contributed by atoms with E-state index in [1.165, 1.54) is 19.3 Å².